The Labute approximate surface area is 212 Å². The van der Waals surface area contributed by atoms with Gasteiger partial charge in [-0.15, -0.1) is 0 Å². The highest BCUT2D eigenvalue weighted by molar-refractivity contribution is 7.92. The Morgan fingerprint density at radius 2 is 1.31 bits per heavy atom. The summed E-state index contributed by atoms with van der Waals surface area (Å²) >= 11 is 0. The van der Waals surface area contributed by atoms with Crippen LogP contribution in [-0.2, 0) is 14.8 Å². The van der Waals surface area contributed by atoms with Crippen molar-refractivity contribution in [2.75, 3.05) is 17.1 Å². The highest BCUT2D eigenvalue weighted by Gasteiger charge is 2.24. The van der Waals surface area contributed by atoms with E-state index in [1.54, 1.807) is 24.3 Å². The zero-order chi connectivity index (χ0) is 25.5. The van der Waals surface area contributed by atoms with Gasteiger partial charge in [0, 0.05) is 0 Å². The van der Waals surface area contributed by atoms with E-state index in [1.807, 2.05) is 91.9 Å². The van der Waals surface area contributed by atoms with Crippen molar-refractivity contribution in [3.63, 3.8) is 0 Å². The van der Waals surface area contributed by atoms with Gasteiger partial charge in [-0.3, -0.25) is 9.10 Å². The number of aryl methyl sites for hydroxylation is 1. The van der Waals surface area contributed by atoms with Gasteiger partial charge in [0.15, 0.2) is 0 Å². The molecule has 0 aromatic heterocycles. The number of amides is 1. The third-order valence-corrected chi connectivity index (χ3v) is 6.78. The highest BCUT2D eigenvalue weighted by Crippen LogP contribution is 2.26. The molecule has 0 saturated heterocycles. The lowest BCUT2D eigenvalue weighted by Gasteiger charge is -2.25. The lowest BCUT2D eigenvalue weighted by molar-refractivity contribution is -0.120. The maximum Gasteiger partial charge on any atom is 0.241 e. The molecule has 0 bridgehead atoms. The largest absolute Gasteiger partial charge is 0.457 e. The van der Waals surface area contributed by atoms with Crippen molar-refractivity contribution < 1.29 is 17.9 Å². The van der Waals surface area contributed by atoms with Crippen molar-refractivity contribution in [1.29, 1.82) is 0 Å². The van der Waals surface area contributed by atoms with E-state index in [9.17, 15) is 13.2 Å². The number of sulfonamides is 1. The van der Waals surface area contributed by atoms with Crippen molar-refractivity contribution >= 4 is 21.6 Å². The van der Waals surface area contributed by atoms with Gasteiger partial charge < -0.3 is 10.1 Å². The zero-order valence-electron chi connectivity index (χ0n) is 20.2. The molecule has 1 atom stereocenters. The Kier molecular flexibility index (Phi) is 7.71. The first-order valence-corrected chi connectivity index (χ1v) is 13.4. The van der Waals surface area contributed by atoms with E-state index >= 15 is 0 Å². The quantitative estimate of drug-likeness (QED) is 0.331. The number of hydrogen-bond donors (Lipinski definition) is 1. The fourth-order valence-electron chi connectivity index (χ4n) is 3.81. The summed E-state index contributed by atoms with van der Waals surface area (Å²) in [5, 5.41) is 3.02. The average Bonchev–Trinajstić information content (AvgIpc) is 2.88. The van der Waals surface area contributed by atoms with Crippen molar-refractivity contribution in [3.05, 3.63) is 126 Å². The third kappa shape index (κ3) is 6.52. The normalized spacial score (nSPS) is 11.9. The van der Waals surface area contributed by atoms with Crippen molar-refractivity contribution in [3.8, 4) is 11.5 Å². The van der Waals surface area contributed by atoms with Crippen LogP contribution in [0.1, 0.15) is 22.7 Å². The van der Waals surface area contributed by atoms with Gasteiger partial charge in [0.1, 0.15) is 18.0 Å². The van der Waals surface area contributed by atoms with Crippen LogP contribution < -0.4 is 14.4 Å². The molecule has 0 unspecified atom stereocenters. The van der Waals surface area contributed by atoms with Crippen molar-refractivity contribution in [2.45, 2.75) is 13.0 Å². The molecule has 4 aromatic carbocycles. The van der Waals surface area contributed by atoms with E-state index in [4.69, 9.17) is 4.74 Å². The number of rotatable bonds is 9. The van der Waals surface area contributed by atoms with Gasteiger partial charge in [-0.05, 0) is 54.4 Å². The summed E-state index contributed by atoms with van der Waals surface area (Å²) < 4.78 is 32.1. The van der Waals surface area contributed by atoms with E-state index in [-0.39, 0.29) is 6.54 Å². The second-order valence-corrected chi connectivity index (χ2v) is 10.4. The summed E-state index contributed by atoms with van der Waals surface area (Å²) in [4.78, 5) is 13.2. The van der Waals surface area contributed by atoms with E-state index in [2.05, 4.69) is 5.32 Å². The van der Waals surface area contributed by atoms with Crippen LogP contribution in [0.2, 0.25) is 0 Å². The Balaban J connectivity index is 1.53. The molecular weight excluding hydrogens is 472 g/mol. The zero-order valence-corrected chi connectivity index (χ0v) is 21.0. The monoisotopic (exact) mass is 500 g/mol. The number of anilines is 1. The average molecular weight is 501 g/mol. The SMILES string of the molecule is Cc1ccc([C@@H](NC(=O)CN(c2ccc(Oc3ccccc3)cc2)S(C)(=O)=O)c2ccccc2)cc1. The highest BCUT2D eigenvalue weighted by atomic mass is 32.2. The number of ether oxygens (including phenoxy) is 1. The van der Waals surface area contributed by atoms with E-state index < -0.39 is 22.0 Å². The molecule has 1 N–H and O–H groups in total. The molecule has 6 nitrogen and oxygen atoms in total. The van der Waals surface area contributed by atoms with Crippen LogP contribution in [0.4, 0.5) is 5.69 Å². The van der Waals surface area contributed by atoms with E-state index in [0.717, 1.165) is 27.3 Å². The molecule has 0 spiro atoms. The number of para-hydroxylation sites is 1. The summed E-state index contributed by atoms with van der Waals surface area (Å²) in [6, 6.07) is 33.0. The molecule has 0 aliphatic rings. The molecule has 184 valence electrons. The van der Waals surface area contributed by atoms with Crippen LogP contribution in [0.3, 0.4) is 0 Å². The van der Waals surface area contributed by atoms with Crippen LogP contribution in [0.5, 0.6) is 11.5 Å². The minimum absolute atomic E-state index is 0.354. The first kappa shape index (κ1) is 25.0. The van der Waals surface area contributed by atoms with Gasteiger partial charge in [0.2, 0.25) is 15.9 Å². The predicted molar refractivity (Wildman–Crippen MR) is 143 cm³/mol. The molecule has 0 fully saturated rings. The molecule has 4 rings (SSSR count). The minimum Gasteiger partial charge on any atom is -0.457 e. The first-order valence-electron chi connectivity index (χ1n) is 11.5. The van der Waals surface area contributed by atoms with Crippen LogP contribution in [0, 0.1) is 6.92 Å². The predicted octanol–water partition coefficient (Wildman–Crippen LogP) is 5.46. The van der Waals surface area contributed by atoms with Gasteiger partial charge in [-0.2, -0.15) is 0 Å². The van der Waals surface area contributed by atoms with Gasteiger partial charge >= 0.3 is 0 Å². The Hall–Kier alpha value is -4.10. The Morgan fingerprint density at radius 3 is 1.89 bits per heavy atom. The number of nitrogens with one attached hydrogen (secondary N) is 1. The molecule has 7 heteroatoms. The Morgan fingerprint density at radius 1 is 0.778 bits per heavy atom. The first-order chi connectivity index (χ1) is 17.3. The summed E-state index contributed by atoms with van der Waals surface area (Å²) in [6.45, 7) is 1.65. The molecule has 0 radical (unpaired) electrons. The van der Waals surface area contributed by atoms with Crippen LogP contribution >= 0.6 is 0 Å². The fraction of sp³-hybridized carbons (Fsp3) is 0.138. The lowest BCUT2D eigenvalue weighted by atomic mass is 9.98. The molecule has 0 aliphatic carbocycles. The van der Waals surface area contributed by atoms with Crippen LogP contribution in [-0.4, -0.2) is 27.1 Å². The molecule has 1 amide bonds. The standard InChI is InChI=1S/C29H28N2O4S/c1-22-13-15-24(16-14-22)29(23-9-5-3-6-10-23)30-28(32)21-31(36(2,33)34)25-17-19-27(20-18-25)35-26-11-7-4-8-12-26/h3-20,29H,21H2,1-2H3,(H,30,32)/t29-/m0/s1. The molecule has 4 aromatic rings. The fourth-order valence-corrected chi connectivity index (χ4v) is 4.66. The number of benzene rings is 4. The summed E-state index contributed by atoms with van der Waals surface area (Å²) in [6.07, 6.45) is 1.09. The Bertz CT molecular complexity index is 1390. The number of hydrogen-bond acceptors (Lipinski definition) is 4. The van der Waals surface area contributed by atoms with Gasteiger partial charge in [0.25, 0.3) is 0 Å². The second-order valence-electron chi connectivity index (χ2n) is 8.50. The van der Waals surface area contributed by atoms with Gasteiger partial charge in [0.05, 0.1) is 18.0 Å². The number of nitrogens with zero attached hydrogens (tertiary/aromatic N) is 1. The van der Waals surface area contributed by atoms with E-state index in [0.29, 0.717) is 17.2 Å². The molecule has 0 heterocycles. The van der Waals surface area contributed by atoms with Gasteiger partial charge in [-0.25, -0.2) is 8.42 Å². The third-order valence-electron chi connectivity index (χ3n) is 5.64. The van der Waals surface area contributed by atoms with Crippen LogP contribution in [0.25, 0.3) is 0 Å². The number of carbonyl (C=O) groups is 1. The number of carbonyl (C=O) groups excluding carboxylic acids is 1. The molecule has 0 saturated carbocycles. The topological polar surface area (TPSA) is 75.7 Å². The van der Waals surface area contributed by atoms with Crippen molar-refractivity contribution in [2.24, 2.45) is 0 Å². The molecule has 36 heavy (non-hydrogen) atoms. The lowest BCUT2D eigenvalue weighted by Crippen LogP contribution is -2.41. The van der Waals surface area contributed by atoms with Crippen LogP contribution in [0.15, 0.2) is 109 Å². The summed E-state index contributed by atoms with van der Waals surface area (Å²) in [5.41, 5.74) is 3.30. The van der Waals surface area contributed by atoms with Crippen molar-refractivity contribution in [1.82, 2.24) is 5.32 Å². The molecule has 0 aliphatic heterocycles. The van der Waals surface area contributed by atoms with E-state index in [1.165, 1.54) is 0 Å². The minimum atomic E-state index is -3.72. The smallest absolute Gasteiger partial charge is 0.241 e. The second kappa shape index (κ2) is 11.1. The summed E-state index contributed by atoms with van der Waals surface area (Å²) in [5.74, 6) is 0.818. The van der Waals surface area contributed by atoms with Gasteiger partial charge in [-0.1, -0.05) is 78.4 Å². The maximum atomic E-state index is 13.2. The maximum absolute atomic E-state index is 13.2. The summed E-state index contributed by atoms with van der Waals surface area (Å²) in [7, 11) is -3.72. The molecular formula is C29H28N2O4S.